The first-order valence-electron chi connectivity index (χ1n) is 7.00. The van der Waals surface area contributed by atoms with Gasteiger partial charge in [-0.15, -0.1) is 0 Å². The van der Waals surface area contributed by atoms with Crippen molar-refractivity contribution in [2.24, 2.45) is 0 Å². The third-order valence-electron chi connectivity index (χ3n) is 3.47. The number of rotatable bonds is 3. The van der Waals surface area contributed by atoms with Gasteiger partial charge in [0.1, 0.15) is 18.2 Å². The number of anilines is 1. The minimum Gasteiger partial charge on any atom is -0.387 e. The van der Waals surface area contributed by atoms with Crippen LogP contribution >= 0.6 is 0 Å². The van der Waals surface area contributed by atoms with Gasteiger partial charge in [0.25, 0.3) is 0 Å². The second-order valence-electron chi connectivity index (χ2n) is 5.41. The average Bonchev–Trinajstić information content (AvgIpc) is 2.46. The highest BCUT2D eigenvalue weighted by atomic mass is 16.3. The number of hydrogen-bond acceptors (Lipinski definition) is 5. The SMILES string of the molecule is Cc1cc(N2CCN(C(=O)CO)CC2)nc(C(C)C)n1. The number of aromatic nitrogens is 2. The number of aryl methyl sites for hydroxylation is 1. The summed E-state index contributed by atoms with van der Waals surface area (Å²) in [6.45, 7) is 8.44. The van der Waals surface area contributed by atoms with Crippen LogP contribution in [0.15, 0.2) is 6.07 Å². The summed E-state index contributed by atoms with van der Waals surface area (Å²) in [6.07, 6.45) is 0. The number of carbonyl (C=O) groups is 1. The highest BCUT2D eigenvalue weighted by Crippen LogP contribution is 2.18. The van der Waals surface area contributed by atoms with Gasteiger partial charge in [-0.05, 0) is 6.92 Å². The van der Waals surface area contributed by atoms with Gasteiger partial charge in [0.05, 0.1) is 0 Å². The molecule has 0 aliphatic carbocycles. The van der Waals surface area contributed by atoms with E-state index in [4.69, 9.17) is 5.11 Å². The molecule has 1 fully saturated rings. The molecule has 0 radical (unpaired) electrons. The van der Waals surface area contributed by atoms with Crippen LogP contribution in [0.4, 0.5) is 5.82 Å². The minimum atomic E-state index is -0.413. The number of aliphatic hydroxyl groups is 1. The van der Waals surface area contributed by atoms with Crippen LogP contribution in [0.2, 0.25) is 0 Å². The van der Waals surface area contributed by atoms with Gasteiger partial charge in [-0.3, -0.25) is 4.79 Å². The van der Waals surface area contributed by atoms with Gasteiger partial charge in [0.2, 0.25) is 5.91 Å². The van der Waals surface area contributed by atoms with Crippen LogP contribution in [-0.2, 0) is 4.79 Å². The molecule has 2 heterocycles. The van der Waals surface area contributed by atoms with Crippen LogP contribution in [0.25, 0.3) is 0 Å². The standard InChI is InChI=1S/C14H22N4O2/c1-10(2)14-15-11(3)8-12(16-14)17-4-6-18(7-5-17)13(20)9-19/h8,10,19H,4-7,9H2,1-3H3. The molecule has 1 aliphatic rings. The van der Waals surface area contributed by atoms with Crippen molar-refractivity contribution in [1.29, 1.82) is 0 Å². The first kappa shape index (κ1) is 14.7. The summed E-state index contributed by atoms with van der Waals surface area (Å²) in [5, 5.41) is 8.88. The van der Waals surface area contributed by atoms with Crippen molar-refractivity contribution in [3.63, 3.8) is 0 Å². The molecule has 0 unspecified atom stereocenters. The van der Waals surface area contributed by atoms with E-state index in [1.165, 1.54) is 0 Å². The van der Waals surface area contributed by atoms with E-state index in [9.17, 15) is 4.79 Å². The van der Waals surface area contributed by atoms with Crippen molar-refractivity contribution in [3.05, 3.63) is 17.6 Å². The van der Waals surface area contributed by atoms with Gasteiger partial charge < -0.3 is 14.9 Å². The van der Waals surface area contributed by atoms with Crippen molar-refractivity contribution in [2.75, 3.05) is 37.7 Å². The zero-order valence-electron chi connectivity index (χ0n) is 12.3. The molecular weight excluding hydrogens is 256 g/mol. The predicted octanol–water partition coefficient (Wildman–Crippen LogP) is 0.549. The lowest BCUT2D eigenvalue weighted by atomic mass is 10.2. The maximum atomic E-state index is 11.4. The van der Waals surface area contributed by atoms with Gasteiger partial charge in [0, 0.05) is 43.9 Å². The first-order valence-corrected chi connectivity index (χ1v) is 7.00. The molecule has 1 saturated heterocycles. The van der Waals surface area contributed by atoms with Crippen LogP contribution in [0.1, 0.15) is 31.3 Å². The van der Waals surface area contributed by atoms with Crippen molar-refractivity contribution < 1.29 is 9.90 Å². The second-order valence-corrected chi connectivity index (χ2v) is 5.41. The summed E-state index contributed by atoms with van der Waals surface area (Å²) < 4.78 is 0. The third kappa shape index (κ3) is 3.25. The fraction of sp³-hybridized carbons (Fsp3) is 0.643. The zero-order valence-corrected chi connectivity index (χ0v) is 12.3. The molecule has 0 spiro atoms. The Labute approximate surface area is 119 Å². The van der Waals surface area contributed by atoms with Crippen LogP contribution in [-0.4, -0.2) is 58.7 Å². The number of aliphatic hydroxyl groups excluding tert-OH is 1. The molecule has 6 heteroatoms. The summed E-state index contributed by atoms with van der Waals surface area (Å²) >= 11 is 0. The molecular formula is C14H22N4O2. The number of piperazine rings is 1. The van der Waals surface area contributed by atoms with E-state index in [1.54, 1.807) is 4.90 Å². The molecule has 0 saturated carbocycles. The highest BCUT2D eigenvalue weighted by molar-refractivity contribution is 5.77. The smallest absolute Gasteiger partial charge is 0.248 e. The van der Waals surface area contributed by atoms with Crippen molar-refractivity contribution >= 4 is 11.7 Å². The first-order chi connectivity index (χ1) is 9.51. The minimum absolute atomic E-state index is 0.202. The second kappa shape index (κ2) is 6.17. The Balaban J connectivity index is 2.09. The summed E-state index contributed by atoms with van der Waals surface area (Å²) in [4.78, 5) is 24.4. The van der Waals surface area contributed by atoms with Crippen molar-refractivity contribution in [2.45, 2.75) is 26.7 Å². The molecule has 1 amide bonds. The monoisotopic (exact) mass is 278 g/mol. The molecule has 0 atom stereocenters. The van der Waals surface area contributed by atoms with Crippen LogP contribution in [0.3, 0.4) is 0 Å². The summed E-state index contributed by atoms with van der Waals surface area (Å²) in [5.74, 6) is 1.88. The molecule has 1 aliphatic heterocycles. The van der Waals surface area contributed by atoms with E-state index in [0.29, 0.717) is 19.0 Å². The molecule has 20 heavy (non-hydrogen) atoms. The Bertz CT molecular complexity index is 482. The molecule has 1 aromatic heterocycles. The molecule has 0 aromatic carbocycles. The van der Waals surface area contributed by atoms with Crippen molar-refractivity contribution in [3.8, 4) is 0 Å². The van der Waals surface area contributed by atoms with Crippen molar-refractivity contribution in [1.82, 2.24) is 14.9 Å². The molecule has 6 nitrogen and oxygen atoms in total. The quantitative estimate of drug-likeness (QED) is 0.874. The van der Waals surface area contributed by atoms with Gasteiger partial charge in [0.15, 0.2) is 0 Å². The Morgan fingerprint density at radius 2 is 1.95 bits per heavy atom. The predicted molar refractivity (Wildman–Crippen MR) is 76.7 cm³/mol. The van der Waals surface area contributed by atoms with E-state index < -0.39 is 6.61 Å². The highest BCUT2D eigenvalue weighted by Gasteiger charge is 2.22. The van der Waals surface area contributed by atoms with Gasteiger partial charge in [-0.25, -0.2) is 9.97 Å². The fourth-order valence-corrected chi connectivity index (χ4v) is 2.28. The van der Waals surface area contributed by atoms with Crippen LogP contribution in [0.5, 0.6) is 0 Å². The Hall–Kier alpha value is -1.69. The number of nitrogens with zero attached hydrogens (tertiary/aromatic N) is 4. The Morgan fingerprint density at radius 1 is 1.30 bits per heavy atom. The van der Waals surface area contributed by atoms with Crippen LogP contribution in [0, 0.1) is 6.92 Å². The molecule has 1 aromatic rings. The lowest BCUT2D eigenvalue weighted by molar-refractivity contribution is -0.134. The molecule has 0 bridgehead atoms. The number of carbonyl (C=O) groups excluding carboxylic acids is 1. The van der Waals surface area contributed by atoms with Gasteiger partial charge in [-0.2, -0.15) is 0 Å². The molecule has 2 rings (SSSR count). The normalized spacial score (nSPS) is 15.8. The Morgan fingerprint density at radius 3 is 2.50 bits per heavy atom. The Kier molecular flexibility index (Phi) is 4.54. The topological polar surface area (TPSA) is 69.6 Å². The summed E-state index contributed by atoms with van der Waals surface area (Å²) in [7, 11) is 0. The fourth-order valence-electron chi connectivity index (χ4n) is 2.28. The maximum absolute atomic E-state index is 11.4. The maximum Gasteiger partial charge on any atom is 0.248 e. The third-order valence-corrected chi connectivity index (χ3v) is 3.47. The lowest BCUT2D eigenvalue weighted by Gasteiger charge is -2.35. The van der Waals surface area contributed by atoms with Gasteiger partial charge in [-0.1, -0.05) is 13.8 Å². The van der Waals surface area contributed by atoms with E-state index in [-0.39, 0.29) is 5.91 Å². The average molecular weight is 278 g/mol. The van der Waals surface area contributed by atoms with Gasteiger partial charge >= 0.3 is 0 Å². The van der Waals surface area contributed by atoms with E-state index in [2.05, 4.69) is 28.7 Å². The lowest BCUT2D eigenvalue weighted by Crippen LogP contribution is -2.49. The van der Waals surface area contributed by atoms with Crippen LogP contribution < -0.4 is 4.90 Å². The summed E-state index contributed by atoms with van der Waals surface area (Å²) in [6, 6.07) is 1.98. The largest absolute Gasteiger partial charge is 0.387 e. The van der Waals surface area contributed by atoms with E-state index in [0.717, 1.165) is 30.4 Å². The molecule has 1 N–H and O–H groups in total. The zero-order chi connectivity index (χ0) is 14.7. The van der Waals surface area contributed by atoms with E-state index in [1.807, 2.05) is 13.0 Å². The number of hydrogen-bond donors (Lipinski definition) is 1. The number of amides is 1. The molecule has 110 valence electrons. The summed E-state index contributed by atoms with van der Waals surface area (Å²) in [5.41, 5.74) is 0.965. The van der Waals surface area contributed by atoms with E-state index >= 15 is 0 Å².